The van der Waals surface area contributed by atoms with Crippen molar-refractivity contribution in [1.82, 2.24) is 4.90 Å². The van der Waals surface area contributed by atoms with Crippen molar-refractivity contribution in [2.45, 2.75) is 59.7 Å². The van der Waals surface area contributed by atoms with Crippen molar-refractivity contribution in [3.8, 4) is 5.75 Å². The number of carbonyl (C=O) groups is 1. The standard InChI is InChI=1S/C18H27N3O2S/c1-12(2)19-17-21(13(3)4)18(22)20(11-24-17)15-7-9-16(10-8-15)23-14(5)6/h7-10,12-14H,11H2,1-6H3/b19-17-. The van der Waals surface area contributed by atoms with Gasteiger partial charge in [0.2, 0.25) is 0 Å². The molecule has 1 aliphatic heterocycles. The van der Waals surface area contributed by atoms with E-state index < -0.39 is 0 Å². The van der Waals surface area contributed by atoms with Crippen molar-refractivity contribution in [3.05, 3.63) is 24.3 Å². The van der Waals surface area contributed by atoms with Crippen molar-refractivity contribution < 1.29 is 9.53 Å². The summed E-state index contributed by atoms with van der Waals surface area (Å²) in [5.74, 6) is 1.38. The van der Waals surface area contributed by atoms with Crippen LogP contribution < -0.4 is 9.64 Å². The number of benzene rings is 1. The summed E-state index contributed by atoms with van der Waals surface area (Å²) < 4.78 is 5.67. The third-order valence-electron chi connectivity index (χ3n) is 3.37. The Labute approximate surface area is 149 Å². The molecule has 1 fully saturated rings. The van der Waals surface area contributed by atoms with E-state index in [9.17, 15) is 4.79 Å². The fourth-order valence-corrected chi connectivity index (χ4v) is 3.60. The highest BCUT2D eigenvalue weighted by molar-refractivity contribution is 8.14. The lowest BCUT2D eigenvalue weighted by molar-refractivity contribution is 0.220. The van der Waals surface area contributed by atoms with Gasteiger partial charge in [-0.1, -0.05) is 11.8 Å². The van der Waals surface area contributed by atoms with E-state index in [1.807, 2.05) is 65.8 Å². The maximum absolute atomic E-state index is 12.9. The van der Waals surface area contributed by atoms with Crippen molar-refractivity contribution in [2.75, 3.05) is 10.8 Å². The number of hydrogen-bond donors (Lipinski definition) is 0. The van der Waals surface area contributed by atoms with Gasteiger partial charge in [0.25, 0.3) is 0 Å². The van der Waals surface area contributed by atoms with E-state index in [2.05, 4.69) is 4.99 Å². The maximum atomic E-state index is 12.9. The summed E-state index contributed by atoms with van der Waals surface area (Å²) >= 11 is 1.60. The van der Waals surface area contributed by atoms with Gasteiger partial charge in [-0.3, -0.25) is 14.8 Å². The highest BCUT2D eigenvalue weighted by Crippen LogP contribution is 2.29. The number of amides is 2. The molecule has 0 bridgehead atoms. The quantitative estimate of drug-likeness (QED) is 0.781. The molecule has 1 aromatic carbocycles. The third-order valence-corrected chi connectivity index (χ3v) is 4.32. The van der Waals surface area contributed by atoms with Crippen LogP contribution in [0.5, 0.6) is 5.75 Å². The van der Waals surface area contributed by atoms with Crippen molar-refractivity contribution in [3.63, 3.8) is 0 Å². The molecule has 132 valence electrons. The van der Waals surface area contributed by atoms with Gasteiger partial charge in [0, 0.05) is 17.8 Å². The van der Waals surface area contributed by atoms with Crippen LogP contribution in [0.3, 0.4) is 0 Å². The van der Waals surface area contributed by atoms with Crippen LogP contribution in [0.2, 0.25) is 0 Å². The summed E-state index contributed by atoms with van der Waals surface area (Å²) in [5.41, 5.74) is 0.873. The second kappa shape index (κ2) is 7.92. The predicted octanol–water partition coefficient (Wildman–Crippen LogP) is 4.58. The van der Waals surface area contributed by atoms with Gasteiger partial charge in [0.15, 0.2) is 5.17 Å². The second-order valence-corrected chi connectivity index (χ2v) is 7.53. The van der Waals surface area contributed by atoms with E-state index >= 15 is 0 Å². The van der Waals surface area contributed by atoms with Crippen LogP contribution in [0.4, 0.5) is 10.5 Å². The highest BCUT2D eigenvalue weighted by Gasteiger charge is 2.34. The fraction of sp³-hybridized carbons (Fsp3) is 0.556. The summed E-state index contributed by atoms with van der Waals surface area (Å²) in [4.78, 5) is 21.1. The van der Waals surface area contributed by atoms with Gasteiger partial charge in [-0.25, -0.2) is 4.79 Å². The van der Waals surface area contributed by atoms with Gasteiger partial charge >= 0.3 is 6.03 Å². The summed E-state index contributed by atoms with van der Waals surface area (Å²) in [5, 5.41) is 0.806. The van der Waals surface area contributed by atoms with Crippen molar-refractivity contribution in [1.29, 1.82) is 0 Å². The summed E-state index contributed by atoms with van der Waals surface area (Å²) in [6.45, 7) is 12.1. The van der Waals surface area contributed by atoms with E-state index in [4.69, 9.17) is 4.74 Å². The number of thioether (sulfide) groups is 1. The average Bonchev–Trinajstić information content (AvgIpc) is 2.47. The normalized spacial score (nSPS) is 17.5. The molecular formula is C18H27N3O2S. The van der Waals surface area contributed by atoms with E-state index in [-0.39, 0.29) is 24.2 Å². The van der Waals surface area contributed by atoms with E-state index in [1.54, 1.807) is 21.6 Å². The van der Waals surface area contributed by atoms with Crippen molar-refractivity contribution in [2.24, 2.45) is 4.99 Å². The molecule has 1 aliphatic rings. The first-order valence-corrected chi connectivity index (χ1v) is 9.36. The number of anilines is 1. The van der Waals surface area contributed by atoms with Crippen LogP contribution in [-0.4, -0.2) is 40.2 Å². The molecule has 0 aliphatic carbocycles. The minimum Gasteiger partial charge on any atom is -0.491 e. The molecule has 24 heavy (non-hydrogen) atoms. The van der Waals surface area contributed by atoms with E-state index in [0.717, 1.165) is 16.6 Å². The minimum absolute atomic E-state index is 0.0272. The number of urea groups is 1. The summed E-state index contributed by atoms with van der Waals surface area (Å²) in [6.07, 6.45) is 0.134. The number of aliphatic imine (C=N–C) groups is 1. The minimum atomic E-state index is -0.0272. The molecule has 0 saturated carbocycles. The average molecular weight is 350 g/mol. The van der Waals surface area contributed by atoms with Crippen LogP contribution in [0.15, 0.2) is 29.3 Å². The predicted molar refractivity (Wildman–Crippen MR) is 102 cm³/mol. The molecule has 1 aromatic rings. The zero-order chi connectivity index (χ0) is 17.9. The molecule has 0 radical (unpaired) electrons. The Morgan fingerprint density at radius 1 is 1.08 bits per heavy atom. The Morgan fingerprint density at radius 3 is 2.21 bits per heavy atom. The van der Waals surface area contributed by atoms with Gasteiger partial charge in [-0.15, -0.1) is 0 Å². The molecule has 2 amide bonds. The molecule has 0 N–H and O–H groups in total. The van der Waals surface area contributed by atoms with Crippen LogP contribution in [-0.2, 0) is 0 Å². The zero-order valence-corrected chi connectivity index (χ0v) is 16.1. The van der Waals surface area contributed by atoms with Crippen LogP contribution in [0, 0.1) is 0 Å². The first-order valence-electron chi connectivity index (χ1n) is 8.37. The van der Waals surface area contributed by atoms with Gasteiger partial charge < -0.3 is 4.74 Å². The number of rotatable bonds is 5. The number of ether oxygens (including phenoxy) is 1. The second-order valence-electron chi connectivity index (χ2n) is 6.61. The Bertz CT molecular complexity index is 597. The smallest absolute Gasteiger partial charge is 0.331 e. The number of amidine groups is 1. The Kier molecular flexibility index (Phi) is 6.15. The number of hydrogen-bond acceptors (Lipinski definition) is 4. The lowest BCUT2D eigenvalue weighted by atomic mass is 10.2. The Balaban J connectivity index is 2.22. The van der Waals surface area contributed by atoms with Gasteiger partial charge in [-0.05, 0) is 65.8 Å². The molecule has 1 heterocycles. The maximum Gasteiger partial charge on any atom is 0.331 e. The first kappa shape index (κ1) is 18.6. The lowest BCUT2D eigenvalue weighted by Gasteiger charge is -2.38. The topological polar surface area (TPSA) is 45.1 Å². The molecule has 0 spiro atoms. The number of nitrogens with zero attached hydrogens (tertiary/aromatic N) is 3. The van der Waals surface area contributed by atoms with Crippen molar-refractivity contribution >= 4 is 28.6 Å². The first-order chi connectivity index (χ1) is 11.3. The molecule has 0 atom stereocenters. The van der Waals surface area contributed by atoms with Crippen LogP contribution in [0.1, 0.15) is 41.5 Å². The third kappa shape index (κ3) is 4.44. The van der Waals surface area contributed by atoms with Crippen LogP contribution in [0.25, 0.3) is 0 Å². The van der Waals surface area contributed by atoms with Crippen LogP contribution >= 0.6 is 11.8 Å². The Morgan fingerprint density at radius 2 is 1.71 bits per heavy atom. The monoisotopic (exact) mass is 349 g/mol. The molecule has 5 nitrogen and oxygen atoms in total. The SMILES string of the molecule is CC(C)/N=C1\SCN(c2ccc(OC(C)C)cc2)C(=O)N1C(C)C. The molecule has 0 unspecified atom stereocenters. The molecular weight excluding hydrogens is 322 g/mol. The van der Waals surface area contributed by atoms with E-state index in [0.29, 0.717) is 5.88 Å². The summed E-state index contributed by atoms with van der Waals surface area (Å²) in [7, 11) is 0. The Hall–Kier alpha value is -1.69. The number of carbonyl (C=O) groups excluding carboxylic acids is 1. The van der Waals surface area contributed by atoms with Gasteiger partial charge in [0.1, 0.15) is 5.75 Å². The largest absolute Gasteiger partial charge is 0.491 e. The summed E-state index contributed by atoms with van der Waals surface area (Å²) in [6, 6.07) is 7.88. The molecule has 1 saturated heterocycles. The lowest BCUT2D eigenvalue weighted by Crippen LogP contribution is -2.53. The van der Waals surface area contributed by atoms with Gasteiger partial charge in [-0.2, -0.15) is 0 Å². The zero-order valence-electron chi connectivity index (χ0n) is 15.3. The molecule has 0 aromatic heterocycles. The van der Waals surface area contributed by atoms with E-state index in [1.165, 1.54) is 0 Å². The molecule has 2 rings (SSSR count). The highest BCUT2D eigenvalue weighted by atomic mass is 32.2. The fourth-order valence-electron chi connectivity index (χ4n) is 2.38. The van der Waals surface area contributed by atoms with Gasteiger partial charge in [0.05, 0.1) is 12.0 Å². The molecule has 6 heteroatoms.